The monoisotopic (exact) mass is 445 g/mol. The SMILES string of the molecule is CC(C)(C)NS(=O)(=O)c1ccccc1-c1ccc(NC(=O)[C@@H]2CCCN2C(=O)O)cc1. The third-order valence-corrected chi connectivity index (χ3v) is 6.70. The zero-order chi connectivity index (χ0) is 22.8. The Kier molecular flexibility index (Phi) is 6.38. The van der Waals surface area contributed by atoms with E-state index in [0.29, 0.717) is 36.2 Å². The molecule has 1 atom stereocenters. The summed E-state index contributed by atoms with van der Waals surface area (Å²) in [7, 11) is -3.73. The normalized spacial score (nSPS) is 16.9. The smallest absolute Gasteiger partial charge is 0.407 e. The Morgan fingerprint density at radius 1 is 1.06 bits per heavy atom. The van der Waals surface area contributed by atoms with Crippen LogP contribution in [0, 0.1) is 0 Å². The fraction of sp³-hybridized carbons (Fsp3) is 0.364. The van der Waals surface area contributed by atoms with Gasteiger partial charge in [-0.1, -0.05) is 30.3 Å². The highest BCUT2D eigenvalue weighted by atomic mass is 32.2. The Morgan fingerprint density at radius 2 is 1.71 bits per heavy atom. The largest absolute Gasteiger partial charge is 0.465 e. The molecule has 0 unspecified atom stereocenters. The van der Waals surface area contributed by atoms with Crippen molar-refractivity contribution in [1.82, 2.24) is 9.62 Å². The van der Waals surface area contributed by atoms with Crippen LogP contribution in [0.5, 0.6) is 0 Å². The van der Waals surface area contributed by atoms with Crippen LogP contribution in [-0.2, 0) is 14.8 Å². The van der Waals surface area contributed by atoms with Crippen LogP contribution < -0.4 is 10.0 Å². The van der Waals surface area contributed by atoms with E-state index < -0.39 is 27.7 Å². The van der Waals surface area contributed by atoms with Crippen molar-refractivity contribution in [3.05, 3.63) is 48.5 Å². The summed E-state index contributed by atoms with van der Waals surface area (Å²) < 4.78 is 28.4. The Bertz CT molecular complexity index is 1080. The number of likely N-dealkylation sites (tertiary alicyclic amines) is 1. The van der Waals surface area contributed by atoms with E-state index in [4.69, 9.17) is 0 Å². The van der Waals surface area contributed by atoms with Crippen molar-refractivity contribution in [2.75, 3.05) is 11.9 Å². The van der Waals surface area contributed by atoms with Crippen LogP contribution in [-0.4, -0.2) is 48.6 Å². The van der Waals surface area contributed by atoms with Crippen molar-refractivity contribution in [2.24, 2.45) is 0 Å². The first-order valence-corrected chi connectivity index (χ1v) is 11.5. The topological polar surface area (TPSA) is 116 Å². The van der Waals surface area contributed by atoms with Gasteiger partial charge in [-0.3, -0.25) is 9.69 Å². The van der Waals surface area contributed by atoms with Crippen LogP contribution in [0.3, 0.4) is 0 Å². The number of hydrogen-bond acceptors (Lipinski definition) is 4. The molecule has 8 nitrogen and oxygen atoms in total. The van der Waals surface area contributed by atoms with Crippen LogP contribution in [0.1, 0.15) is 33.6 Å². The van der Waals surface area contributed by atoms with Gasteiger partial charge in [-0.05, 0) is 57.4 Å². The molecule has 166 valence electrons. The highest BCUT2D eigenvalue weighted by molar-refractivity contribution is 7.89. The minimum atomic E-state index is -3.73. The van der Waals surface area contributed by atoms with Crippen LogP contribution >= 0.6 is 0 Å². The molecule has 3 rings (SSSR count). The molecule has 1 heterocycles. The Balaban J connectivity index is 1.81. The molecule has 1 aliphatic rings. The number of sulfonamides is 1. The number of rotatable bonds is 5. The number of carbonyl (C=O) groups excluding carboxylic acids is 1. The number of nitrogens with one attached hydrogen (secondary N) is 2. The summed E-state index contributed by atoms with van der Waals surface area (Å²) in [5, 5.41) is 12.0. The van der Waals surface area contributed by atoms with Crippen LogP contribution in [0.25, 0.3) is 11.1 Å². The molecule has 1 saturated heterocycles. The maximum absolute atomic E-state index is 12.9. The molecule has 2 aromatic rings. The fourth-order valence-electron chi connectivity index (χ4n) is 3.62. The Labute approximate surface area is 182 Å². The van der Waals surface area contributed by atoms with Gasteiger partial charge >= 0.3 is 6.09 Å². The van der Waals surface area contributed by atoms with E-state index in [2.05, 4.69) is 10.0 Å². The predicted octanol–water partition coefficient (Wildman–Crippen LogP) is 3.51. The van der Waals surface area contributed by atoms with Gasteiger partial charge in [0.15, 0.2) is 0 Å². The summed E-state index contributed by atoms with van der Waals surface area (Å²) in [5.41, 5.74) is 1.12. The van der Waals surface area contributed by atoms with Gasteiger partial charge in [0.25, 0.3) is 0 Å². The molecule has 0 aliphatic carbocycles. The Hall–Kier alpha value is -2.91. The standard InChI is InChI=1S/C22H27N3O5S/c1-22(2,3)24-31(29,30)19-9-5-4-7-17(19)15-10-12-16(13-11-15)23-20(26)18-8-6-14-25(18)21(27)28/h4-5,7,9-13,18,24H,6,8,14H2,1-3H3,(H,23,26)(H,27,28)/t18-/m0/s1. The van der Waals surface area contributed by atoms with Crippen molar-refractivity contribution in [2.45, 2.75) is 50.1 Å². The lowest BCUT2D eigenvalue weighted by molar-refractivity contribution is -0.119. The zero-order valence-electron chi connectivity index (χ0n) is 17.8. The molecule has 0 saturated carbocycles. The van der Waals surface area contributed by atoms with Crippen LogP contribution in [0.15, 0.2) is 53.4 Å². The van der Waals surface area contributed by atoms with E-state index in [9.17, 15) is 23.1 Å². The van der Waals surface area contributed by atoms with Gasteiger partial charge in [-0.15, -0.1) is 0 Å². The minimum absolute atomic E-state index is 0.171. The molecule has 0 bridgehead atoms. The first-order chi connectivity index (χ1) is 14.5. The van der Waals surface area contributed by atoms with Crippen molar-refractivity contribution >= 4 is 27.7 Å². The second-order valence-electron chi connectivity index (χ2n) is 8.55. The summed E-state index contributed by atoms with van der Waals surface area (Å²) in [6.45, 7) is 5.68. The van der Waals surface area contributed by atoms with E-state index in [0.717, 1.165) is 4.90 Å². The number of nitrogens with zero attached hydrogens (tertiary/aromatic N) is 1. The van der Waals surface area contributed by atoms with Crippen molar-refractivity contribution in [1.29, 1.82) is 0 Å². The minimum Gasteiger partial charge on any atom is -0.465 e. The van der Waals surface area contributed by atoms with Crippen LogP contribution in [0.2, 0.25) is 0 Å². The number of carbonyl (C=O) groups is 2. The van der Waals surface area contributed by atoms with Gasteiger partial charge < -0.3 is 10.4 Å². The lowest BCUT2D eigenvalue weighted by Gasteiger charge is -2.22. The van der Waals surface area contributed by atoms with E-state index in [1.165, 1.54) is 0 Å². The molecule has 1 aliphatic heterocycles. The zero-order valence-corrected chi connectivity index (χ0v) is 18.6. The van der Waals surface area contributed by atoms with Gasteiger partial charge in [0.1, 0.15) is 6.04 Å². The number of hydrogen-bond donors (Lipinski definition) is 3. The lowest BCUT2D eigenvalue weighted by atomic mass is 10.1. The molecule has 31 heavy (non-hydrogen) atoms. The molecular formula is C22H27N3O5S. The first kappa shape index (κ1) is 22.8. The maximum Gasteiger partial charge on any atom is 0.407 e. The van der Waals surface area contributed by atoms with Crippen molar-refractivity contribution < 1.29 is 23.1 Å². The maximum atomic E-state index is 12.9. The molecule has 1 fully saturated rings. The van der Waals surface area contributed by atoms with E-state index in [-0.39, 0.29) is 10.8 Å². The van der Waals surface area contributed by atoms with Gasteiger partial charge in [-0.25, -0.2) is 17.9 Å². The average Bonchev–Trinajstić information content (AvgIpc) is 3.17. The quantitative estimate of drug-likeness (QED) is 0.651. The number of anilines is 1. The van der Waals surface area contributed by atoms with E-state index in [1.54, 1.807) is 69.3 Å². The predicted molar refractivity (Wildman–Crippen MR) is 118 cm³/mol. The summed E-state index contributed by atoms with van der Waals surface area (Å²) in [5.74, 6) is -0.370. The Morgan fingerprint density at radius 3 is 2.32 bits per heavy atom. The highest BCUT2D eigenvalue weighted by Crippen LogP contribution is 2.29. The number of carboxylic acid groups (broad SMARTS) is 1. The van der Waals surface area contributed by atoms with Crippen LogP contribution in [0.4, 0.5) is 10.5 Å². The van der Waals surface area contributed by atoms with Gasteiger partial charge in [0.05, 0.1) is 4.90 Å². The number of amides is 2. The fourth-order valence-corrected chi connectivity index (χ4v) is 5.27. The molecule has 0 aromatic heterocycles. The molecule has 9 heteroatoms. The van der Waals surface area contributed by atoms with Crippen molar-refractivity contribution in [3.8, 4) is 11.1 Å². The molecule has 0 spiro atoms. The summed E-state index contributed by atoms with van der Waals surface area (Å²) in [6, 6.07) is 12.8. The van der Waals surface area contributed by atoms with Gasteiger partial charge in [-0.2, -0.15) is 0 Å². The second-order valence-corrected chi connectivity index (χ2v) is 10.2. The molecule has 2 amide bonds. The second kappa shape index (κ2) is 8.68. The highest BCUT2D eigenvalue weighted by Gasteiger charge is 2.34. The van der Waals surface area contributed by atoms with Gasteiger partial charge in [0, 0.05) is 23.3 Å². The third kappa shape index (κ3) is 5.42. The molecule has 0 radical (unpaired) electrons. The van der Waals surface area contributed by atoms with Crippen molar-refractivity contribution in [3.63, 3.8) is 0 Å². The molecule has 2 aromatic carbocycles. The summed E-state index contributed by atoms with van der Waals surface area (Å²) in [6.07, 6.45) is 0.0362. The van der Waals surface area contributed by atoms with Gasteiger partial charge in [0.2, 0.25) is 15.9 Å². The third-order valence-electron chi connectivity index (χ3n) is 4.88. The van der Waals surface area contributed by atoms with E-state index in [1.807, 2.05) is 0 Å². The summed E-state index contributed by atoms with van der Waals surface area (Å²) in [4.78, 5) is 25.1. The molecule has 3 N–H and O–H groups in total. The first-order valence-electron chi connectivity index (χ1n) is 10.0. The molecular weight excluding hydrogens is 418 g/mol. The number of benzene rings is 2. The summed E-state index contributed by atoms with van der Waals surface area (Å²) >= 11 is 0. The van der Waals surface area contributed by atoms with E-state index >= 15 is 0 Å². The average molecular weight is 446 g/mol. The lowest BCUT2D eigenvalue weighted by Crippen LogP contribution is -2.42.